The lowest BCUT2D eigenvalue weighted by atomic mass is 9.45. The zero-order chi connectivity index (χ0) is 15.4. The molecule has 120 valence electrons. The van der Waals surface area contributed by atoms with Crippen LogP contribution in [0.4, 0.5) is 0 Å². The van der Waals surface area contributed by atoms with Gasteiger partial charge in [-0.05, 0) is 85.9 Å². The molecule has 4 rings (SSSR count). The first kappa shape index (κ1) is 14.8. The molecule has 4 unspecified atom stereocenters. The molecule has 0 bridgehead atoms. The van der Waals surface area contributed by atoms with E-state index in [2.05, 4.69) is 19.9 Å². The first-order valence-corrected chi connectivity index (χ1v) is 9.69. The van der Waals surface area contributed by atoms with E-state index < -0.39 is 0 Å². The van der Waals surface area contributed by atoms with Crippen LogP contribution in [0.3, 0.4) is 0 Å². The van der Waals surface area contributed by atoms with Crippen LogP contribution in [0.5, 0.6) is 0 Å². The second kappa shape index (κ2) is 5.12. The Kier molecular flexibility index (Phi) is 3.44. The van der Waals surface area contributed by atoms with Crippen LogP contribution in [-0.2, 0) is 0 Å². The maximum atomic E-state index is 9.13. The van der Waals surface area contributed by atoms with Gasteiger partial charge in [0, 0.05) is 6.08 Å². The van der Waals surface area contributed by atoms with Gasteiger partial charge in [0.1, 0.15) is 0 Å². The van der Waals surface area contributed by atoms with E-state index in [1.165, 1.54) is 69.8 Å². The molecule has 0 N–H and O–H groups in total. The molecule has 0 aromatic rings. The van der Waals surface area contributed by atoms with Crippen LogP contribution < -0.4 is 0 Å². The van der Waals surface area contributed by atoms with Crippen LogP contribution in [0, 0.1) is 45.8 Å². The van der Waals surface area contributed by atoms with Crippen LogP contribution >= 0.6 is 0 Å². The van der Waals surface area contributed by atoms with Crippen molar-refractivity contribution in [1.82, 2.24) is 0 Å². The minimum atomic E-state index is 0.356. The van der Waals surface area contributed by atoms with Crippen molar-refractivity contribution in [3.8, 4) is 6.07 Å². The van der Waals surface area contributed by atoms with E-state index in [1.54, 1.807) is 0 Å². The highest BCUT2D eigenvalue weighted by Gasteiger charge is 2.58. The fraction of sp³-hybridized carbons (Fsp3) is 0.857. The fourth-order valence-corrected chi connectivity index (χ4v) is 7.46. The third-order valence-electron chi connectivity index (χ3n) is 8.67. The van der Waals surface area contributed by atoms with E-state index >= 15 is 0 Å². The van der Waals surface area contributed by atoms with Crippen molar-refractivity contribution in [2.75, 3.05) is 0 Å². The highest BCUT2D eigenvalue weighted by molar-refractivity contribution is 5.28. The molecule has 4 aliphatic carbocycles. The minimum absolute atomic E-state index is 0.356. The van der Waals surface area contributed by atoms with E-state index in [4.69, 9.17) is 5.26 Å². The molecular formula is C21H31N. The summed E-state index contributed by atoms with van der Waals surface area (Å²) in [5.41, 5.74) is 2.48. The lowest BCUT2D eigenvalue weighted by molar-refractivity contribution is -0.0972. The Morgan fingerprint density at radius 3 is 2.68 bits per heavy atom. The molecule has 1 heteroatoms. The Morgan fingerprint density at radius 1 is 1.00 bits per heavy atom. The first-order chi connectivity index (χ1) is 10.6. The van der Waals surface area contributed by atoms with E-state index in [-0.39, 0.29) is 0 Å². The summed E-state index contributed by atoms with van der Waals surface area (Å²) >= 11 is 0. The molecule has 4 saturated carbocycles. The van der Waals surface area contributed by atoms with Gasteiger partial charge in [-0.2, -0.15) is 5.26 Å². The van der Waals surface area contributed by atoms with E-state index in [0.29, 0.717) is 10.8 Å². The Balaban J connectivity index is 1.65. The van der Waals surface area contributed by atoms with E-state index in [0.717, 1.165) is 23.7 Å². The number of rotatable bonds is 0. The van der Waals surface area contributed by atoms with E-state index in [1.807, 2.05) is 6.08 Å². The van der Waals surface area contributed by atoms with Crippen molar-refractivity contribution < 1.29 is 0 Å². The monoisotopic (exact) mass is 297 g/mol. The Morgan fingerprint density at radius 2 is 1.86 bits per heavy atom. The normalized spacial score (nSPS) is 52.5. The summed E-state index contributed by atoms with van der Waals surface area (Å²) in [4.78, 5) is 0. The molecule has 0 saturated heterocycles. The number of nitriles is 1. The van der Waals surface area contributed by atoms with Gasteiger partial charge >= 0.3 is 0 Å². The van der Waals surface area contributed by atoms with E-state index in [9.17, 15) is 0 Å². The second-order valence-corrected chi connectivity index (χ2v) is 9.20. The summed E-state index contributed by atoms with van der Waals surface area (Å²) in [5, 5.41) is 9.13. The van der Waals surface area contributed by atoms with Gasteiger partial charge in [-0.25, -0.2) is 0 Å². The largest absolute Gasteiger partial charge is 0.193 e. The zero-order valence-electron chi connectivity index (χ0n) is 14.4. The molecule has 0 aliphatic heterocycles. The molecule has 4 aliphatic rings. The molecule has 0 heterocycles. The maximum Gasteiger partial charge on any atom is 0.0911 e. The lowest BCUT2D eigenvalue weighted by Crippen LogP contribution is -2.52. The van der Waals surface area contributed by atoms with Crippen molar-refractivity contribution in [3.63, 3.8) is 0 Å². The third kappa shape index (κ3) is 1.88. The first-order valence-electron chi connectivity index (χ1n) is 9.69. The summed E-state index contributed by atoms with van der Waals surface area (Å²) in [6, 6.07) is 2.33. The van der Waals surface area contributed by atoms with Crippen LogP contribution in [0.2, 0.25) is 0 Å². The van der Waals surface area contributed by atoms with Crippen molar-refractivity contribution >= 4 is 0 Å². The molecule has 0 aromatic heterocycles. The van der Waals surface area contributed by atoms with Crippen LogP contribution in [-0.4, -0.2) is 0 Å². The third-order valence-corrected chi connectivity index (χ3v) is 8.67. The molecule has 22 heavy (non-hydrogen) atoms. The highest BCUT2D eigenvalue weighted by Crippen LogP contribution is 2.67. The Hall–Kier alpha value is -0.770. The molecule has 0 radical (unpaired) electrons. The molecule has 0 amide bonds. The quantitative estimate of drug-likeness (QED) is 0.513. The number of fused-ring (bicyclic) bond motifs is 5. The summed E-state index contributed by atoms with van der Waals surface area (Å²) in [7, 11) is 0. The molecule has 6 atom stereocenters. The van der Waals surface area contributed by atoms with Crippen molar-refractivity contribution in [1.29, 1.82) is 5.26 Å². The molecule has 0 aromatic carbocycles. The van der Waals surface area contributed by atoms with Crippen molar-refractivity contribution in [3.05, 3.63) is 11.6 Å². The minimum Gasteiger partial charge on any atom is -0.193 e. The fourth-order valence-electron chi connectivity index (χ4n) is 7.46. The van der Waals surface area contributed by atoms with Gasteiger partial charge in [0.25, 0.3) is 0 Å². The van der Waals surface area contributed by atoms with Gasteiger partial charge in [-0.1, -0.05) is 32.3 Å². The average molecular weight is 297 g/mol. The van der Waals surface area contributed by atoms with Crippen LogP contribution in [0.25, 0.3) is 0 Å². The summed E-state index contributed by atoms with van der Waals surface area (Å²) in [6.07, 6.45) is 16.1. The molecule has 4 fully saturated rings. The van der Waals surface area contributed by atoms with Gasteiger partial charge in [0.2, 0.25) is 0 Å². The van der Waals surface area contributed by atoms with Gasteiger partial charge < -0.3 is 0 Å². The number of allylic oxidation sites excluding steroid dienone is 2. The van der Waals surface area contributed by atoms with Crippen LogP contribution in [0.1, 0.15) is 78.1 Å². The van der Waals surface area contributed by atoms with Gasteiger partial charge in [0.15, 0.2) is 0 Å². The van der Waals surface area contributed by atoms with Crippen LogP contribution in [0.15, 0.2) is 11.6 Å². The second-order valence-electron chi connectivity index (χ2n) is 9.20. The van der Waals surface area contributed by atoms with Crippen molar-refractivity contribution in [2.24, 2.45) is 34.5 Å². The van der Waals surface area contributed by atoms with Gasteiger partial charge in [-0.15, -0.1) is 0 Å². The average Bonchev–Trinajstić information content (AvgIpc) is 2.84. The zero-order valence-corrected chi connectivity index (χ0v) is 14.4. The Labute approximate surface area is 136 Å². The van der Waals surface area contributed by atoms with Crippen molar-refractivity contribution in [2.45, 2.75) is 78.1 Å². The maximum absolute atomic E-state index is 9.13. The predicted octanol–water partition coefficient (Wildman–Crippen LogP) is 5.87. The summed E-state index contributed by atoms with van der Waals surface area (Å²) in [5.74, 6) is 3.81. The molecule has 0 spiro atoms. The summed E-state index contributed by atoms with van der Waals surface area (Å²) in [6.45, 7) is 5.14. The SMILES string of the molecule is CC12CCCCC1CC[C@@H]1C2CC[C@]2(C)/C(=C\C#N)CCC12. The highest BCUT2D eigenvalue weighted by atomic mass is 14.6. The smallest absolute Gasteiger partial charge is 0.0911 e. The van der Waals surface area contributed by atoms with Gasteiger partial charge in [0.05, 0.1) is 6.07 Å². The standard InChI is InChI=1S/C21H31N/c1-20-12-4-3-5-15(20)6-8-17-18-9-7-16(11-14-22)21(18,2)13-10-19(17)20/h11,15,17-19H,3-10,12-13H2,1-2H3/b16-11-/t15?,17-,18?,19?,20?,21+/m0/s1. The van der Waals surface area contributed by atoms with Gasteiger partial charge in [-0.3, -0.25) is 0 Å². The number of hydrogen-bond donors (Lipinski definition) is 0. The Bertz CT molecular complexity index is 527. The molecular weight excluding hydrogens is 266 g/mol. The number of hydrogen-bond acceptors (Lipinski definition) is 1. The number of nitrogens with zero attached hydrogens (tertiary/aromatic N) is 1. The lowest BCUT2D eigenvalue weighted by Gasteiger charge is -2.60. The predicted molar refractivity (Wildman–Crippen MR) is 90.0 cm³/mol. The summed E-state index contributed by atoms with van der Waals surface area (Å²) < 4.78 is 0. The topological polar surface area (TPSA) is 23.8 Å². The molecule has 1 nitrogen and oxygen atoms in total.